The number of hydrogen-bond donors (Lipinski definition) is 1. The Morgan fingerprint density at radius 2 is 2.12 bits per heavy atom. The molecular formula is C9H11BrF3N3S. The highest BCUT2D eigenvalue weighted by Crippen LogP contribution is 2.29. The van der Waals surface area contributed by atoms with Crippen LogP contribution in [0.4, 0.5) is 19.0 Å². The topological polar surface area (TPSA) is 37.8 Å². The van der Waals surface area contributed by atoms with Crippen LogP contribution in [0.2, 0.25) is 0 Å². The van der Waals surface area contributed by atoms with Gasteiger partial charge in [-0.1, -0.05) is 6.92 Å². The van der Waals surface area contributed by atoms with Gasteiger partial charge in [-0.15, -0.1) is 0 Å². The lowest BCUT2D eigenvalue weighted by molar-refractivity contribution is -0.0327. The van der Waals surface area contributed by atoms with E-state index in [0.717, 1.165) is 0 Å². The number of halogens is 4. The Bertz CT molecular complexity index is 373. The number of nitrogens with one attached hydrogen (secondary N) is 1. The molecule has 1 heterocycles. The van der Waals surface area contributed by atoms with E-state index in [1.807, 2.05) is 6.92 Å². The number of aromatic nitrogens is 2. The molecule has 0 fully saturated rings. The van der Waals surface area contributed by atoms with Crippen LogP contribution in [-0.2, 0) is 6.42 Å². The van der Waals surface area contributed by atoms with E-state index in [4.69, 9.17) is 0 Å². The van der Waals surface area contributed by atoms with Crippen molar-refractivity contribution < 1.29 is 13.2 Å². The quantitative estimate of drug-likeness (QED) is 0.663. The molecule has 1 rings (SSSR count). The van der Waals surface area contributed by atoms with Crippen molar-refractivity contribution >= 4 is 33.5 Å². The fraction of sp³-hybridized carbons (Fsp3) is 0.556. The van der Waals surface area contributed by atoms with Crippen molar-refractivity contribution in [2.24, 2.45) is 0 Å². The van der Waals surface area contributed by atoms with Gasteiger partial charge in [-0.05, 0) is 27.7 Å². The second kappa shape index (κ2) is 6.44. The molecule has 0 saturated carbocycles. The lowest BCUT2D eigenvalue weighted by Crippen LogP contribution is -2.11. The smallest absolute Gasteiger partial charge is 0.369 e. The van der Waals surface area contributed by atoms with E-state index >= 15 is 0 Å². The highest BCUT2D eigenvalue weighted by molar-refractivity contribution is 9.10. The van der Waals surface area contributed by atoms with Gasteiger partial charge >= 0.3 is 5.51 Å². The highest BCUT2D eigenvalue weighted by Gasteiger charge is 2.27. The van der Waals surface area contributed by atoms with E-state index in [0.29, 0.717) is 22.7 Å². The minimum absolute atomic E-state index is 0.0490. The van der Waals surface area contributed by atoms with Gasteiger partial charge in [0.2, 0.25) is 0 Å². The molecular weight excluding hydrogens is 319 g/mol. The van der Waals surface area contributed by atoms with Crippen molar-refractivity contribution in [3.8, 4) is 0 Å². The van der Waals surface area contributed by atoms with Crippen LogP contribution in [0.15, 0.2) is 10.7 Å². The van der Waals surface area contributed by atoms with Crippen LogP contribution >= 0.6 is 27.7 Å². The molecule has 0 atom stereocenters. The molecule has 0 spiro atoms. The minimum Gasteiger partial charge on any atom is -0.369 e. The summed E-state index contributed by atoms with van der Waals surface area (Å²) in [6.45, 7) is 2.11. The van der Waals surface area contributed by atoms with Crippen molar-refractivity contribution in [3.05, 3.63) is 16.5 Å². The summed E-state index contributed by atoms with van der Waals surface area (Å²) in [5, 5.41) is 2.83. The molecule has 0 aliphatic heterocycles. The maximum Gasteiger partial charge on any atom is 0.441 e. The Balaban J connectivity index is 2.44. The molecule has 0 aromatic carbocycles. The lowest BCUT2D eigenvalue weighted by atomic mass is 10.4. The summed E-state index contributed by atoms with van der Waals surface area (Å²) in [5.74, 6) is 1.13. The van der Waals surface area contributed by atoms with Crippen LogP contribution in [0.3, 0.4) is 0 Å². The summed E-state index contributed by atoms with van der Waals surface area (Å²) in [6, 6.07) is 1.64. The van der Waals surface area contributed by atoms with E-state index in [-0.39, 0.29) is 24.1 Å². The van der Waals surface area contributed by atoms with Gasteiger partial charge in [0.1, 0.15) is 16.2 Å². The van der Waals surface area contributed by atoms with Gasteiger partial charge in [0.05, 0.1) is 0 Å². The molecule has 1 N–H and O–H groups in total. The largest absolute Gasteiger partial charge is 0.441 e. The van der Waals surface area contributed by atoms with Crippen LogP contribution in [0.5, 0.6) is 0 Å². The molecule has 17 heavy (non-hydrogen) atoms. The number of rotatable bonds is 5. The zero-order valence-electron chi connectivity index (χ0n) is 9.01. The molecule has 0 amide bonds. The van der Waals surface area contributed by atoms with Crippen molar-refractivity contribution in [2.45, 2.75) is 18.9 Å². The van der Waals surface area contributed by atoms with Gasteiger partial charge in [-0.2, -0.15) is 13.2 Å². The van der Waals surface area contributed by atoms with Crippen LogP contribution in [-0.4, -0.2) is 27.8 Å². The third kappa shape index (κ3) is 6.11. The first-order valence-electron chi connectivity index (χ1n) is 4.88. The van der Waals surface area contributed by atoms with Crippen molar-refractivity contribution in [3.63, 3.8) is 0 Å². The van der Waals surface area contributed by atoms with E-state index in [1.54, 1.807) is 6.07 Å². The summed E-state index contributed by atoms with van der Waals surface area (Å²) < 4.78 is 36.2. The molecule has 1 aromatic heterocycles. The maximum absolute atomic E-state index is 11.9. The second-order valence-corrected chi connectivity index (χ2v) is 5.04. The average Bonchev–Trinajstić information content (AvgIpc) is 2.22. The van der Waals surface area contributed by atoms with E-state index in [2.05, 4.69) is 31.2 Å². The first-order valence-corrected chi connectivity index (χ1v) is 6.66. The third-order valence-corrected chi connectivity index (χ3v) is 2.87. The zero-order chi connectivity index (χ0) is 12.9. The molecule has 96 valence electrons. The summed E-state index contributed by atoms with van der Waals surface area (Å²) >= 11 is 3.17. The third-order valence-electron chi connectivity index (χ3n) is 1.73. The number of thioether (sulfide) groups is 1. The van der Waals surface area contributed by atoms with Gasteiger partial charge in [0.15, 0.2) is 0 Å². The Morgan fingerprint density at radius 1 is 1.41 bits per heavy atom. The molecule has 0 aliphatic carbocycles. The first-order chi connectivity index (χ1) is 7.90. The molecule has 0 radical (unpaired) electrons. The second-order valence-electron chi connectivity index (χ2n) is 3.07. The number of nitrogens with zero attached hydrogens (tertiary/aromatic N) is 2. The van der Waals surface area contributed by atoms with Gasteiger partial charge in [0, 0.05) is 24.8 Å². The standard InChI is InChI=1S/C9H11BrF3N3S/c1-2-7-15-6(10)5-8(16-7)14-3-4-17-9(11,12)13/h5H,2-4H2,1H3,(H,14,15,16). The van der Waals surface area contributed by atoms with Crippen LogP contribution in [0, 0.1) is 0 Å². The SMILES string of the molecule is CCc1nc(Br)cc(NCCSC(F)(F)F)n1. The first kappa shape index (κ1) is 14.6. The van der Waals surface area contributed by atoms with Crippen LogP contribution in [0.1, 0.15) is 12.7 Å². The monoisotopic (exact) mass is 329 g/mol. The van der Waals surface area contributed by atoms with Crippen LogP contribution in [0.25, 0.3) is 0 Å². The van der Waals surface area contributed by atoms with Crippen LogP contribution < -0.4 is 5.32 Å². The molecule has 0 unspecified atom stereocenters. The zero-order valence-corrected chi connectivity index (χ0v) is 11.4. The number of anilines is 1. The van der Waals surface area contributed by atoms with Gasteiger partial charge < -0.3 is 5.32 Å². The minimum atomic E-state index is -4.18. The summed E-state index contributed by atoms with van der Waals surface area (Å²) in [5.41, 5.74) is -4.18. The Hall–Kier alpha value is -0.500. The van der Waals surface area contributed by atoms with E-state index in [1.165, 1.54) is 0 Å². The molecule has 0 bridgehead atoms. The van der Waals surface area contributed by atoms with Gasteiger partial charge in [-0.25, -0.2) is 9.97 Å². The van der Waals surface area contributed by atoms with E-state index < -0.39 is 5.51 Å². The number of alkyl halides is 3. The van der Waals surface area contributed by atoms with Crippen molar-refractivity contribution in [1.29, 1.82) is 0 Å². The molecule has 1 aromatic rings. The molecule has 8 heteroatoms. The summed E-state index contributed by atoms with van der Waals surface area (Å²) in [7, 11) is 0. The maximum atomic E-state index is 11.9. The predicted molar refractivity (Wildman–Crippen MR) is 66.1 cm³/mol. The predicted octanol–water partition coefficient (Wildman–Crippen LogP) is 3.47. The fourth-order valence-corrected chi connectivity index (χ4v) is 1.92. The summed E-state index contributed by atoms with van der Waals surface area (Å²) in [4.78, 5) is 8.24. The Morgan fingerprint density at radius 3 is 2.71 bits per heavy atom. The fourth-order valence-electron chi connectivity index (χ4n) is 1.06. The Labute approximate surface area is 110 Å². The number of hydrogen-bond acceptors (Lipinski definition) is 4. The van der Waals surface area contributed by atoms with Crippen molar-refractivity contribution in [2.75, 3.05) is 17.6 Å². The van der Waals surface area contributed by atoms with Gasteiger partial charge in [-0.3, -0.25) is 0 Å². The van der Waals surface area contributed by atoms with Gasteiger partial charge in [0.25, 0.3) is 0 Å². The summed E-state index contributed by atoms with van der Waals surface area (Å²) in [6.07, 6.45) is 0.672. The van der Waals surface area contributed by atoms with Crippen molar-refractivity contribution in [1.82, 2.24) is 9.97 Å². The lowest BCUT2D eigenvalue weighted by Gasteiger charge is -2.08. The molecule has 3 nitrogen and oxygen atoms in total. The van der Waals surface area contributed by atoms with E-state index in [9.17, 15) is 13.2 Å². The number of aryl methyl sites for hydroxylation is 1. The molecule has 0 aliphatic rings. The highest BCUT2D eigenvalue weighted by atomic mass is 79.9. The normalized spacial score (nSPS) is 11.6. The average molecular weight is 330 g/mol. The Kier molecular flexibility index (Phi) is 5.51. The molecule has 0 saturated heterocycles.